The topological polar surface area (TPSA) is 136 Å². The minimum absolute atomic E-state index is 0.00760. The minimum atomic E-state index is -0.917. The summed E-state index contributed by atoms with van der Waals surface area (Å²) in [4.78, 5) is 25.6. The lowest BCUT2D eigenvalue weighted by molar-refractivity contribution is -0.138. The van der Waals surface area contributed by atoms with E-state index in [0.29, 0.717) is 35.7 Å². The number of alkyl carbamates (subject to hydrolysis) is 1. The molecule has 1 aliphatic heterocycles. The molecule has 0 saturated carbocycles. The Morgan fingerprint density at radius 3 is 2.46 bits per heavy atom. The lowest BCUT2D eigenvalue weighted by Crippen LogP contribution is -2.30. The molecule has 0 unspecified atom stereocenters. The normalized spacial score (nSPS) is 15.7. The molecule has 1 fully saturated rings. The van der Waals surface area contributed by atoms with Crippen LogP contribution in [-0.2, 0) is 16.0 Å². The predicted molar refractivity (Wildman–Crippen MR) is 141 cm³/mol. The summed E-state index contributed by atoms with van der Waals surface area (Å²) in [6, 6.07) is 18.3. The number of likely N-dealkylation sites (tertiary alicyclic amines) is 1. The van der Waals surface area contributed by atoms with E-state index in [1.54, 1.807) is 43.3 Å². The zero-order chi connectivity index (χ0) is 26.5. The summed E-state index contributed by atoms with van der Waals surface area (Å²) in [5.74, 6) is -0.519. The third-order valence-corrected chi connectivity index (χ3v) is 6.55. The fraction of sp³-hybridized carbons (Fsp3) is 0.286. The number of carbonyl (C=O) groups excluding carboxylic acids is 1. The Kier molecular flexibility index (Phi) is 7.71. The average molecular weight is 503 g/mol. The first-order valence-corrected chi connectivity index (χ1v) is 12.0. The fourth-order valence-corrected chi connectivity index (χ4v) is 4.49. The maximum atomic E-state index is 12.2. The molecular formula is C28H30N4O5. The van der Waals surface area contributed by atoms with Crippen LogP contribution in [0.25, 0.3) is 10.8 Å². The molecule has 2 atom stereocenters. The maximum Gasteiger partial charge on any atom is 0.412 e. The molecule has 192 valence electrons. The molecule has 1 saturated heterocycles. The molecule has 1 aliphatic rings. The van der Waals surface area contributed by atoms with Gasteiger partial charge in [0, 0.05) is 18.5 Å². The van der Waals surface area contributed by atoms with Crippen molar-refractivity contribution in [2.75, 3.05) is 20.2 Å². The van der Waals surface area contributed by atoms with Crippen molar-refractivity contribution in [2.45, 2.75) is 31.8 Å². The minimum Gasteiger partial charge on any atom is -0.489 e. The number of rotatable bonds is 7. The monoisotopic (exact) mass is 502 g/mol. The molecular weight excluding hydrogens is 472 g/mol. The van der Waals surface area contributed by atoms with Crippen LogP contribution in [0.2, 0.25) is 0 Å². The Bertz CT molecular complexity index is 1340. The van der Waals surface area contributed by atoms with E-state index in [2.05, 4.69) is 10.1 Å². The average Bonchev–Trinajstić information content (AvgIpc) is 3.36. The number of fused-ring (bicyclic) bond motifs is 1. The first-order chi connectivity index (χ1) is 17.7. The summed E-state index contributed by atoms with van der Waals surface area (Å²) in [6.07, 6.45) is 0.431. The van der Waals surface area contributed by atoms with Gasteiger partial charge in [-0.3, -0.25) is 20.9 Å². The van der Waals surface area contributed by atoms with Crippen molar-refractivity contribution in [3.8, 4) is 5.75 Å². The molecule has 9 nitrogen and oxygen atoms in total. The van der Waals surface area contributed by atoms with E-state index >= 15 is 0 Å². The van der Waals surface area contributed by atoms with Crippen LogP contribution in [0.1, 0.15) is 36.0 Å². The number of carboxylic acids is 1. The molecule has 4 N–H and O–H groups in total. The first-order valence-electron chi connectivity index (χ1n) is 12.0. The van der Waals surface area contributed by atoms with Crippen molar-refractivity contribution >= 4 is 34.5 Å². The highest BCUT2D eigenvalue weighted by Crippen LogP contribution is 2.27. The zero-order valence-electron chi connectivity index (χ0n) is 20.8. The molecule has 0 bridgehead atoms. The van der Waals surface area contributed by atoms with Gasteiger partial charge >= 0.3 is 12.1 Å². The largest absolute Gasteiger partial charge is 0.489 e. The van der Waals surface area contributed by atoms with Crippen LogP contribution in [0.4, 0.5) is 4.79 Å². The van der Waals surface area contributed by atoms with Gasteiger partial charge < -0.3 is 19.5 Å². The number of ether oxygens (including phenoxy) is 2. The highest BCUT2D eigenvalue weighted by atomic mass is 16.5. The molecule has 1 amide bonds. The summed E-state index contributed by atoms with van der Waals surface area (Å²) < 4.78 is 10.6. The number of hydrogen-bond acceptors (Lipinski definition) is 6. The van der Waals surface area contributed by atoms with Gasteiger partial charge in [0.2, 0.25) is 0 Å². The lowest BCUT2D eigenvalue weighted by Gasteiger charge is -2.18. The number of nitrogens with one attached hydrogen (secondary N) is 3. The number of benzene rings is 3. The number of carboxylic acid groups (broad SMARTS) is 1. The van der Waals surface area contributed by atoms with Crippen molar-refractivity contribution in [3.63, 3.8) is 0 Å². The summed E-state index contributed by atoms with van der Waals surface area (Å²) in [5.41, 5.74) is 2.04. The van der Waals surface area contributed by atoms with Gasteiger partial charge in [-0.15, -0.1) is 0 Å². The van der Waals surface area contributed by atoms with Gasteiger partial charge in [-0.1, -0.05) is 42.5 Å². The second-order valence-electron chi connectivity index (χ2n) is 9.11. The van der Waals surface area contributed by atoms with Gasteiger partial charge in [0.1, 0.15) is 17.7 Å². The number of aliphatic carboxylic acids is 1. The summed E-state index contributed by atoms with van der Waals surface area (Å²) in [5, 5.41) is 29.9. The second-order valence-corrected chi connectivity index (χ2v) is 9.11. The Hall–Kier alpha value is -4.40. The van der Waals surface area contributed by atoms with Gasteiger partial charge in [0.15, 0.2) is 0 Å². The van der Waals surface area contributed by atoms with Gasteiger partial charge in [-0.05, 0) is 53.4 Å². The Morgan fingerprint density at radius 1 is 1.08 bits per heavy atom. The third-order valence-electron chi connectivity index (χ3n) is 6.55. The Balaban J connectivity index is 1.48. The molecule has 0 spiro atoms. The van der Waals surface area contributed by atoms with Gasteiger partial charge in [-0.2, -0.15) is 0 Å². The molecule has 1 heterocycles. The highest BCUT2D eigenvalue weighted by Gasteiger charge is 2.25. The number of methoxy groups -OCH3 is 1. The highest BCUT2D eigenvalue weighted by molar-refractivity contribution is 6.06. The molecule has 0 aromatic heterocycles. The maximum absolute atomic E-state index is 12.2. The van der Waals surface area contributed by atoms with Crippen LogP contribution in [0.15, 0.2) is 60.7 Å². The Morgan fingerprint density at radius 2 is 1.81 bits per heavy atom. The SMILES string of the molecule is COC(=O)NC(=N)c1ccc2ccc(C[C@H](C(=O)O)c3ccc(O[C@H]4CCN(C(C)=N)C4)cc3)cc2c1. The summed E-state index contributed by atoms with van der Waals surface area (Å²) in [7, 11) is 1.23. The quantitative estimate of drug-likeness (QED) is 0.280. The lowest BCUT2D eigenvalue weighted by atomic mass is 9.91. The van der Waals surface area contributed by atoms with Crippen LogP contribution < -0.4 is 10.1 Å². The van der Waals surface area contributed by atoms with Crippen LogP contribution >= 0.6 is 0 Å². The van der Waals surface area contributed by atoms with Crippen LogP contribution in [0.3, 0.4) is 0 Å². The first kappa shape index (κ1) is 25.7. The number of carbonyl (C=O) groups is 2. The number of nitrogens with zero attached hydrogens (tertiary/aromatic N) is 1. The van der Waals surface area contributed by atoms with E-state index in [1.165, 1.54) is 7.11 Å². The third kappa shape index (κ3) is 6.24. The predicted octanol–water partition coefficient (Wildman–Crippen LogP) is 4.38. The molecule has 4 rings (SSSR count). The second kappa shape index (κ2) is 11.1. The van der Waals surface area contributed by atoms with E-state index in [9.17, 15) is 14.7 Å². The smallest absolute Gasteiger partial charge is 0.412 e. The van der Waals surface area contributed by atoms with Crippen LogP contribution in [0.5, 0.6) is 5.75 Å². The van der Waals surface area contributed by atoms with Crippen molar-refractivity contribution < 1.29 is 24.2 Å². The van der Waals surface area contributed by atoms with E-state index in [0.717, 1.165) is 29.3 Å². The molecule has 37 heavy (non-hydrogen) atoms. The standard InChI is InChI=1S/C28H30N4O5/c1-17(29)32-12-11-24(16-32)37-23-9-7-20(8-10-23)25(27(33)34)14-18-3-4-19-5-6-21(15-22(19)13-18)26(30)31-28(35)36-2/h3-10,13,15,24-25,29H,11-12,14,16H2,1-2H3,(H,33,34)(H2,30,31,35)/t24-,25-/m0/s1. The molecule has 0 radical (unpaired) electrons. The van der Waals surface area contributed by atoms with Crippen molar-refractivity contribution in [2.24, 2.45) is 0 Å². The van der Waals surface area contributed by atoms with Crippen molar-refractivity contribution in [1.29, 1.82) is 10.8 Å². The number of hydrogen-bond donors (Lipinski definition) is 4. The van der Waals surface area contributed by atoms with Crippen LogP contribution in [0, 0.1) is 10.8 Å². The van der Waals surface area contributed by atoms with E-state index in [1.807, 2.05) is 29.2 Å². The summed E-state index contributed by atoms with van der Waals surface area (Å²) >= 11 is 0. The molecule has 9 heteroatoms. The number of amides is 1. The molecule has 0 aliphatic carbocycles. The number of amidine groups is 2. The zero-order valence-corrected chi connectivity index (χ0v) is 20.8. The van der Waals surface area contributed by atoms with E-state index < -0.39 is 18.0 Å². The Labute approximate surface area is 215 Å². The van der Waals surface area contributed by atoms with Gasteiger partial charge in [0.25, 0.3) is 0 Å². The van der Waals surface area contributed by atoms with Crippen molar-refractivity contribution in [1.82, 2.24) is 10.2 Å². The van der Waals surface area contributed by atoms with Crippen LogP contribution in [-0.4, -0.2) is 60.0 Å². The fourth-order valence-electron chi connectivity index (χ4n) is 4.49. The molecule has 3 aromatic carbocycles. The molecule has 3 aromatic rings. The van der Waals surface area contributed by atoms with Gasteiger partial charge in [0.05, 0.1) is 25.4 Å². The summed E-state index contributed by atoms with van der Waals surface area (Å²) in [6.45, 7) is 3.25. The van der Waals surface area contributed by atoms with Gasteiger partial charge in [-0.25, -0.2) is 4.79 Å². The van der Waals surface area contributed by atoms with E-state index in [4.69, 9.17) is 15.6 Å². The van der Waals surface area contributed by atoms with Crippen molar-refractivity contribution in [3.05, 3.63) is 77.4 Å². The van der Waals surface area contributed by atoms with E-state index in [-0.39, 0.29) is 11.9 Å².